The van der Waals surface area contributed by atoms with Crippen molar-refractivity contribution in [1.82, 2.24) is 31.5 Å². The maximum absolute atomic E-state index is 13.9. The molecule has 14 nitrogen and oxygen atoms in total. The molecule has 1 aliphatic heterocycles. The van der Waals surface area contributed by atoms with E-state index in [1.807, 2.05) is 74.5 Å². The minimum absolute atomic E-state index is 0.00436. The second kappa shape index (κ2) is 21.5. The van der Waals surface area contributed by atoms with Crippen LogP contribution in [0.15, 0.2) is 60.7 Å². The highest BCUT2D eigenvalue weighted by Crippen LogP contribution is 2.14. The van der Waals surface area contributed by atoms with E-state index in [0.717, 1.165) is 11.1 Å². The monoisotopic (exact) mass is 720 g/mol. The summed E-state index contributed by atoms with van der Waals surface area (Å²) in [5.74, 6) is -3.24. The number of hydrogen-bond donors (Lipinski definition) is 7. The molecule has 2 aromatic carbocycles. The second-order valence-electron chi connectivity index (χ2n) is 13.7. The number of nitrogens with one attached hydrogen (secondary N) is 5. The van der Waals surface area contributed by atoms with E-state index in [0.29, 0.717) is 51.7 Å². The van der Waals surface area contributed by atoms with Crippen molar-refractivity contribution in [3.05, 3.63) is 71.8 Å². The summed E-state index contributed by atoms with van der Waals surface area (Å²) < 4.78 is 0. The molecule has 14 heteroatoms. The standard InChI is InChI=1S/C38H56N8O6/c1-25(2)22-31(35(49)43-30(16-10-11-19-39)34(48)42-28-17-20-46(21-18-28)38(52)37(51)41-3)45-36(50)32(24-27-14-8-5-9-15-27)44-33(47)29(40)23-26-12-6-4-7-13-26/h4-9,12-15,25,28-32H,10-11,16-24,39-40H2,1-3H3,(H,41,51)(H,42,48)(H,43,49)(H,44,47)(H,45,50)/t29-,30-,31-,32-/m1/s1. The normalized spacial score (nSPS) is 15.5. The van der Waals surface area contributed by atoms with Crippen LogP contribution in [0.2, 0.25) is 0 Å². The summed E-state index contributed by atoms with van der Waals surface area (Å²) in [6.07, 6.45) is 3.21. The fraction of sp³-hybridized carbons (Fsp3) is 0.526. The van der Waals surface area contributed by atoms with E-state index in [9.17, 15) is 28.8 Å². The molecule has 0 aromatic heterocycles. The third-order valence-corrected chi connectivity index (χ3v) is 9.02. The van der Waals surface area contributed by atoms with Crippen LogP contribution >= 0.6 is 0 Å². The van der Waals surface area contributed by atoms with E-state index in [2.05, 4.69) is 26.6 Å². The molecule has 1 saturated heterocycles. The maximum Gasteiger partial charge on any atom is 0.311 e. The minimum atomic E-state index is -1.02. The molecule has 0 saturated carbocycles. The van der Waals surface area contributed by atoms with Crippen LogP contribution in [-0.4, -0.2) is 97.2 Å². The number of carbonyl (C=O) groups is 6. The molecule has 0 spiro atoms. The van der Waals surface area contributed by atoms with Gasteiger partial charge in [0.2, 0.25) is 23.6 Å². The van der Waals surface area contributed by atoms with Crippen LogP contribution in [0.5, 0.6) is 0 Å². The molecule has 9 N–H and O–H groups in total. The van der Waals surface area contributed by atoms with Gasteiger partial charge in [-0.1, -0.05) is 74.5 Å². The van der Waals surface area contributed by atoms with Gasteiger partial charge in [0.05, 0.1) is 6.04 Å². The Bertz CT molecular complexity index is 1470. The van der Waals surface area contributed by atoms with Crippen LogP contribution in [0.3, 0.4) is 0 Å². The van der Waals surface area contributed by atoms with E-state index in [-0.39, 0.29) is 37.1 Å². The molecule has 6 amide bonds. The molecule has 2 aromatic rings. The first-order valence-corrected chi connectivity index (χ1v) is 18.2. The summed E-state index contributed by atoms with van der Waals surface area (Å²) in [5.41, 5.74) is 13.7. The molecule has 0 radical (unpaired) electrons. The van der Waals surface area contributed by atoms with Crippen LogP contribution in [0, 0.1) is 5.92 Å². The number of hydrogen-bond acceptors (Lipinski definition) is 8. The number of nitrogens with zero attached hydrogens (tertiary/aromatic N) is 1. The average Bonchev–Trinajstić information content (AvgIpc) is 3.14. The number of unbranched alkanes of at least 4 members (excludes halogenated alkanes) is 1. The smallest absolute Gasteiger partial charge is 0.311 e. The third kappa shape index (κ3) is 13.7. The van der Waals surface area contributed by atoms with Crippen LogP contribution < -0.4 is 38.1 Å². The first kappa shape index (κ1) is 41.6. The predicted octanol–water partition coefficient (Wildman–Crippen LogP) is 0.282. The lowest BCUT2D eigenvalue weighted by atomic mass is 9.99. The molecule has 3 rings (SSSR count). The third-order valence-electron chi connectivity index (χ3n) is 9.02. The van der Waals surface area contributed by atoms with Crippen molar-refractivity contribution in [3.63, 3.8) is 0 Å². The number of amides is 6. The van der Waals surface area contributed by atoms with Crippen molar-refractivity contribution < 1.29 is 28.8 Å². The molecule has 52 heavy (non-hydrogen) atoms. The first-order valence-electron chi connectivity index (χ1n) is 18.2. The number of carbonyl (C=O) groups excluding carboxylic acids is 6. The largest absolute Gasteiger partial charge is 0.351 e. The molecular weight excluding hydrogens is 664 g/mol. The Kier molecular flexibility index (Phi) is 17.2. The van der Waals surface area contributed by atoms with Gasteiger partial charge in [-0.05, 0) is 68.5 Å². The van der Waals surface area contributed by atoms with Crippen molar-refractivity contribution in [2.24, 2.45) is 17.4 Å². The van der Waals surface area contributed by atoms with Crippen LogP contribution in [-0.2, 0) is 41.6 Å². The van der Waals surface area contributed by atoms with Crippen molar-refractivity contribution in [1.29, 1.82) is 0 Å². The van der Waals surface area contributed by atoms with Crippen LogP contribution in [0.4, 0.5) is 0 Å². The summed E-state index contributed by atoms with van der Waals surface area (Å²) in [4.78, 5) is 80.0. The molecule has 1 heterocycles. The topological polar surface area (TPSA) is 218 Å². The summed E-state index contributed by atoms with van der Waals surface area (Å²) in [6, 6.07) is 14.5. The second-order valence-corrected chi connectivity index (χ2v) is 13.7. The van der Waals surface area contributed by atoms with Gasteiger partial charge in [0.1, 0.15) is 18.1 Å². The van der Waals surface area contributed by atoms with Gasteiger partial charge in [-0.15, -0.1) is 0 Å². The fourth-order valence-electron chi connectivity index (χ4n) is 6.09. The predicted molar refractivity (Wildman–Crippen MR) is 198 cm³/mol. The van der Waals surface area contributed by atoms with Gasteiger partial charge in [-0.3, -0.25) is 28.8 Å². The zero-order valence-electron chi connectivity index (χ0n) is 30.6. The van der Waals surface area contributed by atoms with Gasteiger partial charge < -0.3 is 43.0 Å². The first-order chi connectivity index (χ1) is 24.9. The minimum Gasteiger partial charge on any atom is -0.351 e. The Morgan fingerprint density at radius 3 is 1.83 bits per heavy atom. The number of rotatable bonds is 18. The highest BCUT2D eigenvalue weighted by Gasteiger charge is 2.33. The molecule has 0 aliphatic carbocycles. The van der Waals surface area contributed by atoms with Crippen LogP contribution in [0.1, 0.15) is 63.5 Å². The van der Waals surface area contributed by atoms with E-state index in [4.69, 9.17) is 11.5 Å². The Morgan fingerprint density at radius 1 is 0.731 bits per heavy atom. The van der Waals surface area contributed by atoms with Gasteiger partial charge in [-0.25, -0.2) is 0 Å². The quantitative estimate of drug-likeness (QED) is 0.0837. The zero-order valence-corrected chi connectivity index (χ0v) is 30.6. The van der Waals surface area contributed by atoms with Gasteiger partial charge >= 0.3 is 11.8 Å². The van der Waals surface area contributed by atoms with Crippen LogP contribution in [0.25, 0.3) is 0 Å². The van der Waals surface area contributed by atoms with Gasteiger partial charge in [0.15, 0.2) is 0 Å². The number of likely N-dealkylation sites (N-methyl/N-ethyl adjacent to an activating group) is 1. The molecule has 1 aliphatic rings. The van der Waals surface area contributed by atoms with Crippen molar-refractivity contribution >= 4 is 35.4 Å². The highest BCUT2D eigenvalue weighted by molar-refractivity contribution is 6.34. The Labute approximate surface area is 306 Å². The Hall–Kier alpha value is -4.82. The highest BCUT2D eigenvalue weighted by atomic mass is 16.2. The SMILES string of the molecule is CNC(=O)C(=O)N1CCC(NC(=O)[C@@H](CCCCN)NC(=O)[C@@H](CC(C)C)NC(=O)[C@@H](Cc2ccccc2)NC(=O)[C@H](N)Cc2ccccc2)CC1. The van der Waals surface area contributed by atoms with E-state index >= 15 is 0 Å². The fourth-order valence-corrected chi connectivity index (χ4v) is 6.09. The Balaban J connectivity index is 1.72. The van der Waals surface area contributed by atoms with E-state index < -0.39 is 53.7 Å². The number of likely N-dealkylation sites (tertiary alicyclic amines) is 1. The summed E-state index contributed by atoms with van der Waals surface area (Å²) in [6.45, 7) is 4.88. The molecular formula is C38H56N8O6. The van der Waals surface area contributed by atoms with E-state index in [1.165, 1.54) is 11.9 Å². The molecule has 1 fully saturated rings. The maximum atomic E-state index is 13.9. The Morgan fingerprint density at radius 2 is 1.27 bits per heavy atom. The lowest BCUT2D eigenvalue weighted by molar-refractivity contribution is -0.146. The average molecular weight is 721 g/mol. The van der Waals surface area contributed by atoms with Crippen molar-refractivity contribution in [2.45, 2.75) is 95.4 Å². The van der Waals surface area contributed by atoms with E-state index in [1.54, 1.807) is 0 Å². The van der Waals surface area contributed by atoms with Gasteiger partial charge in [-0.2, -0.15) is 0 Å². The number of nitrogens with two attached hydrogens (primary N) is 2. The summed E-state index contributed by atoms with van der Waals surface area (Å²) in [7, 11) is 1.40. The number of benzene rings is 2. The molecule has 4 atom stereocenters. The van der Waals surface area contributed by atoms with Crippen molar-refractivity contribution in [2.75, 3.05) is 26.7 Å². The lowest BCUT2D eigenvalue weighted by Crippen LogP contribution is -2.59. The van der Waals surface area contributed by atoms with Gasteiger partial charge in [0, 0.05) is 32.6 Å². The zero-order chi connectivity index (χ0) is 38.0. The van der Waals surface area contributed by atoms with Crippen molar-refractivity contribution in [3.8, 4) is 0 Å². The number of piperidine rings is 1. The molecule has 284 valence electrons. The summed E-state index contributed by atoms with van der Waals surface area (Å²) in [5, 5.41) is 13.9. The van der Waals surface area contributed by atoms with Gasteiger partial charge in [0.25, 0.3) is 0 Å². The molecule has 0 unspecified atom stereocenters. The lowest BCUT2D eigenvalue weighted by Gasteiger charge is -2.33. The summed E-state index contributed by atoms with van der Waals surface area (Å²) >= 11 is 0. The molecule has 0 bridgehead atoms.